The van der Waals surface area contributed by atoms with E-state index in [9.17, 15) is 32.8 Å². The normalized spacial score (nSPS) is 18.8. The van der Waals surface area contributed by atoms with Crippen molar-refractivity contribution in [1.29, 1.82) is 5.26 Å². The molecule has 0 radical (unpaired) electrons. The summed E-state index contributed by atoms with van der Waals surface area (Å²) < 4.78 is 88.3. The van der Waals surface area contributed by atoms with E-state index in [4.69, 9.17) is 32.7 Å². The Hall–Kier alpha value is -5.12. The van der Waals surface area contributed by atoms with Gasteiger partial charge in [0.25, 0.3) is 14.1 Å². The van der Waals surface area contributed by atoms with Gasteiger partial charge >= 0.3 is 17.8 Å². The third-order valence-corrected chi connectivity index (χ3v) is 12.7. The van der Waals surface area contributed by atoms with Crippen LogP contribution in [0, 0.1) is 11.3 Å². The summed E-state index contributed by atoms with van der Waals surface area (Å²) in [7, 11) is 2.48. The van der Waals surface area contributed by atoms with Gasteiger partial charge in [-0.2, -0.15) is 18.4 Å². The minimum atomic E-state index is -5.11. The van der Waals surface area contributed by atoms with E-state index < -0.39 is 74.6 Å². The van der Waals surface area contributed by atoms with Crippen LogP contribution < -0.4 is 26.0 Å². The lowest BCUT2D eigenvalue weighted by molar-refractivity contribution is -0.173. The van der Waals surface area contributed by atoms with Crippen molar-refractivity contribution in [3.05, 3.63) is 129 Å². The van der Waals surface area contributed by atoms with Gasteiger partial charge < -0.3 is 38.0 Å². The zero-order valence-electron chi connectivity index (χ0n) is 36.7. The van der Waals surface area contributed by atoms with E-state index in [0.717, 1.165) is 10.6 Å². The van der Waals surface area contributed by atoms with Crippen LogP contribution >= 0.6 is 8.53 Å². The number of hydrogen-bond donors (Lipinski definition) is 2. The number of halogens is 3. The SMILES string of the molecule is COc1ccc(C(OC(CCCNC(=O)C(F)(F)F)[C@H]2O[C@H](n3ccc(=O)[nH]c3=O)[C@H](OC)[C@@H]2OP(OCCC#N)N(C(C)C)C(C)C)(c2ccccc2)c2ccc(OC)cc2)cc1. The molecule has 1 amide bonds. The highest BCUT2D eigenvalue weighted by atomic mass is 31.2. The van der Waals surface area contributed by atoms with Gasteiger partial charge in [0, 0.05) is 38.0 Å². The molecule has 4 aromatic rings. The number of H-pyrrole nitrogens is 1. The van der Waals surface area contributed by atoms with E-state index in [1.54, 1.807) is 38.5 Å². The summed E-state index contributed by atoms with van der Waals surface area (Å²) in [4.78, 5) is 40.0. The van der Waals surface area contributed by atoms with Crippen molar-refractivity contribution in [1.82, 2.24) is 19.5 Å². The number of carbonyl (C=O) groups excluding carboxylic acids is 1. The van der Waals surface area contributed by atoms with Gasteiger partial charge in [0.15, 0.2) is 6.23 Å². The Morgan fingerprint density at radius 3 is 1.97 bits per heavy atom. The van der Waals surface area contributed by atoms with E-state index in [-0.39, 0.29) is 38.0 Å². The van der Waals surface area contributed by atoms with Crippen LogP contribution in [0.1, 0.15) is 69.9 Å². The van der Waals surface area contributed by atoms with Gasteiger partial charge in [-0.3, -0.25) is 19.1 Å². The number of ether oxygens (including phenoxy) is 5. The lowest BCUT2D eigenvalue weighted by Gasteiger charge is -2.42. The number of hydrogen-bond acceptors (Lipinski definition) is 12. The molecule has 6 atom stereocenters. The maximum atomic E-state index is 13.5. The maximum Gasteiger partial charge on any atom is 0.471 e. The number of rotatable bonds is 22. The topological polar surface area (TPSA) is 176 Å². The molecule has 1 aliphatic heterocycles. The molecule has 64 heavy (non-hydrogen) atoms. The van der Waals surface area contributed by atoms with Crippen molar-refractivity contribution >= 4 is 14.4 Å². The fourth-order valence-electron chi connectivity index (χ4n) is 7.74. The molecule has 5 rings (SSSR count). The molecule has 346 valence electrons. The quantitative estimate of drug-likeness (QED) is 0.0472. The van der Waals surface area contributed by atoms with Gasteiger partial charge in [-0.1, -0.05) is 54.6 Å². The van der Waals surface area contributed by atoms with E-state index in [1.165, 1.54) is 13.3 Å². The van der Waals surface area contributed by atoms with Gasteiger partial charge in [-0.25, -0.2) is 9.46 Å². The van der Waals surface area contributed by atoms with Crippen molar-refractivity contribution < 1.29 is 50.7 Å². The van der Waals surface area contributed by atoms with Crippen LogP contribution in [-0.4, -0.2) is 97.3 Å². The average molecular weight is 914 g/mol. The first kappa shape index (κ1) is 49.9. The molecule has 1 aliphatic rings. The summed E-state index contributed by atoms with van der Waals surface area (Å²) in [5, 5.41) is 11.4. The summed E-state index contributed by atoms with van der Waals surface area (Å²) in [6.45, 7) is 7.47. The van der Waals surface area contributed by atoms with Gasteiger partial charge in [0.2, 0.25) is 0 Å². The molecular weight excluding hydrogens is 858 g/mol. The lowest BCUT2D eigenvalue weighted by atomic mass is 9.79. The highest BCUT2D eigenvalue weighted by Gasteiger charge is 2.54. The Bertz CT molecular complexity index is 2200. The summed E-state index contributed by atoms with van der Waals surface area (Å²) in [6.07, 6.45) is -9.71. The predicted octanol–water partition coefficient (Wildman–Crippen LogP) is 6.96. The zero-order chi connectivity index (χ0) is 46.6. The van der Waals surface area contributed by atoms with Gasteiger partial charge in [0.1, 0.15) is 35.4 Å². The third-order valence-electron chi connectivity index (χ3n) is 10.6. The predicted molar refractivity (Wildman–Crippen MR) is 232 cm³/mol. The molecule has 0 saturated carbocycles. The number of carbonyl (C=O) groups is 1. The Morgan fingerprint density at radius 1 is 0.891 bits per heavy atom. The van der Waals surface area contributed by atoms with Crippen LogP contribution in [0.15, 0.2) is 101 Å². The molecule has 0 aliphatic carbocycles. The van der Waals surface area contributed by atoms with E-state index >= 15 is 0 Å². The van der Waals surface area contributed by atoms with E-state index in [1.807, 2.05) is 92.3 Å². The van der Waals surface area contributed by atoms with E-state index in [0.29, 0.717) is 28.2 Å². The summed E-state index contributed by atoms with van der Waals surface area (Å²) in [5.41, 5.74) is -1.05. The number of nitrogens with zero attached hydrogens (tertiary/aromatic N) is 3. The maximum absolute atomic E-state index is 13.5. The Morgan fingerprint density at radius 2 is 1.47 bits per heavy atom. The van der Waals surface area contributed by atoms with Crippen LogP contribution in [0.25, 0.3) is 0 Å². The van der Waals surface area contributed by atoms with Gasteiger partial charge in [0.05, 0.1) is 39.4 Å². The first-order valence-corrected chi connectivity index (χ1v) is 21.8. The molecular formula is C45H55F3N5O10P. The van der Waals surface area contributed by atoms with Crippen LogP contribution in [0.5, 0.6) is 11.5 Å². The highest BCUT2D eigenvalue weighted by molar-refractivity contribution is 7.44. The second kappa shape index (κ2) is 22.7. The monoisotopic (exact) mass is 913 g/mol. The first-order valence-electron chi connectivity index (χ1n) is 20.7. The smallest absolute Gasteiger partial charge is 0.471 e. The Balaban J connectivity index is 1.77. The highest BCUT2D eigenvalue weighted by Crippen LogP contribution is 2.52. The molecule has 0 bridgehead atoms. The van der Waals surface area contributed by atoms with Crippen molar-refractivity contribution in [2.75, 3.05) is 34.5 Å². The zero-order valence-corrected chi connectivity index (χ0v) is 37.6. The van der Waals surface area contributed by atoms with Crippen molar-refractivity contribution in [2.24, 2.45) is 0 Å². The van der Waals surface area contributed by atoms with Crippen molar-refractivity contribution in [3.63, 3.8) is 0 Å². The molecule has 2 heterocycles. The standard InChI is InChI=1S/C45H55F3N5O10P/c1-29(2)53(30(3)4)64(60-28-12-25-49)63-39-38(61-41(40(39)59-7)52-27-24-37(54)51-43(52)56)36(15-11-26-50-42(55)45(46,47)48)62-44(31-13-9-8-10-14-31,32-16-20-34(57-5)21-17-32)33-18-22-35(58-6)23-19-33/h8-10,13-14,16-24,27,29-30,36,38-41H,11-12,15,26,28H2,1-7H3,(H,50,55)(H,51,54,56)/t36?,38-,39-,40-,41+,64?/m1/s1. The molecule has 19 heteroatoms. The first-order chi connectivity index (χ1) is 30.6. The van der Waals surface area contributed by atoms with Crippen molar-refractivity contribution in [3.8, 4) is 17.6 Å². The third kappa shape index (κ3) is 11.8. The number of aromatic nitrogens is 2. The number of benzene rings is 3. The molecule has 15 nitrogen and oxygen atoms in total. The molecule has 1 aromatic heterocycles. The lowest BCUT2D eigenvalue weighted by Crippen LogP contribution is -2.48. The van der Waals surface area contributed by atoms with Gasteiger partial charge in [-0.15, -0.1) is 0 Å². The van der Waals surface area contributed by atoms with E-state index in [2.05, 4.69) is 11.1 Å². The summed E-state index contributed by atoms with van der Waals surface area (Å²) in [5.74, 6) is -0.976. The van der Waals surface area contributed by atoms with Crippen LogP contribution in [-0.2, 0) is 33.7 Å². The second-order valence-corrected chi connectivity index (χ2v) is 16.8. The molecule has 2 unspecified atom stereocenters. The Labute approximate surface area is 371 Å². The molecule has 1 saturated heterocycles. The number of amides is 1. The molecule has 3 aromatic carbocycles. The number of nitrogens with one attached hydrogen (secondary N) is 2. The minimum absolute atomic E-state index is 0.0156. The Kier molecular flexibility index (Phi) is 17.7. The van der Waals surface area contributed by atoms with Crippen LogP contribution in [0.4, 0.5) is 13.2 Å². The number of alkyl halides is 3. The van der Waals surface area contributed by atoms with Crippen molar-refractivity contribution in [2.45, 2.75) is 101 Å². The largest absolute Gasteiger partial charge is 0.497 e. The fourth-order valence-corrected chi connectivity index (χ4v) is 9.49. The summed E-state index contributed by atoms with van der Waals surface area (Å²) >= 11 is 0. The molecule has 2 N–H and O–H groups in total. The number of aromatic amines is 1. The number of methoxy groups -OCH3 is 3. The second-order valence-electron chi connectivity index (χ2n) is 15.4. The fraction of sp³-hybridized carbons (Fsp3) is 0.467. The summed E-state index contributed by atoms with van der Waals surface area (Å²) in [6, 6.07) is 26.7. The van der Waals surface area contributed by atoms with Crippen LogP contribution in [0.2, 0.25) is 0 Å². The van der Waals surface area contributed by atoms with Gasteiger partial charge in [-0.05, 0) is 81.5 Å². The molecule has 1 fully saturated rings. The average Bonchev–Trinajstić information content (AvgIpc) is 3.63. The van der Waals surface area contributed by atoms with Crippen LogP contribution in [0.3, 0.4) is 0 Å². The minimum Gasteiger partial charge on any atom is -0.497 e. The molecule has 0 spiro atoms. The number of nitriles is 1.